The number of aliphatic hydroxyl groups excluding tert-OH is 1. The molecule has 4 rings (SSSR count). The maximum Gasteiger partial charge on any atom is 0.254 e. The van der Waals surface area contributed by atoms with Crippen LogP contribution < -0.4 is 0 Å². The Hall–Kier alpha value is -2.84. The number of rotatable bonds is 4. The molecule has 1 unspecified atom stereocenters. The summed E-state index contributed by atoms with van der Waals surface area (Å²) in [5.41, 5.74) is 3.68. The van der Waals surface area contributed by atoms with E-state index >= 15 is 0 Å². The number of hydrogen-bond donors (Lipinski definition) is 1. The summed E-state index contributed by atoms with van der Waals surface area (Å²) in [5.74, 6) is -0.0300. The SMILES string of the molecule is CN(C)CC(O)c1cc2n(n1)CCCN(C(=O)c1ccc3nccnc3c1)C2. The molecule has 8 nitrogen and oxygen atoms in total. The van der Waals surface area contributed by atoms with Crippen LogP contribution in [-0.2, 0) is 13.1 Å². The molecule has 0 saturated carbocycles. The number of aromatic nitrogens is 4. The van der Waals surface area contributed by atoms with Crippen LogP contribution in [0.15, 0.2) is 36.7 Å². The van der Waals surface area contributed by atoms with Crippen LogP contribution in [-0.4, -0.2) is 67.7 Å². The largest absolute Gasteiger partial charge is 0.385 e. The predicted octanol–water partition coefficient (Wildman–Crippen LogP) is 1.47. The molecule has 1 atom stereocenters. The van der Waals surface area contributed by atoms with Gasteiger partial charge in [-0.3, -0.25) is 19.4 Å². The Bertz CT molecular complexity index is 999. The molecule has 1 aliphatic heterocycles. The van der Waals surface area contributed by atoms with Crippen molar-refractivity contribution >= 4 is 16.9 Å². The molecule has 1 aliphatic rings. The van der Waals surface area contributed by atoms with E-state index in [0.29, 0.717) is 36.4 Å². The molecule has 1 N–H and O–H groups in total. The highest BCUT2D eigenvalue weighted by Gasteiger charge is 2.23. The molecule has 28 heavy (non-hydrogen) atoms. The van der Waals surface area contributed by atoms with Crippen LogP contribution in [0.4, 0.5) is 0 Å². The van der Waals surface area contributed by atoms with Crippen molar-refractivity contribution in [2.45, 2.75) is 25.6 Å². The van der Waals surface area contributed by atoms with Crippen LogP contribution >= 0.6 is 0 Å². The fourth-order valence-electron chi connectivity index (χ4n) is 3.54. The maximum atomic E-state index is 13.1. The van der Waals surface area contributed by atoms with E-state index in [2.05, 4.69) is 15.1 Å². The van der Waals surface area contributed by atoms with Gasteiger partial charge < -0.3 is 14.9 Å². The molecule has 1 aromatic carbocycles. The Morgan fingerprint density at radius 1 is 1.18 bits per heavy atom. The number of fused-ring (bicyclic) bond motifs is 2. The van der Waals surface area contributed by atoms with E-state index in [-0.39, 0.29) is 5.91 Å². The Kier molecular flexibility index (Phi) is 5.06. The third-order valence-corrected chi connectivity index (χ3v) is 4.92. The molecule has 8 heteroatoms. The zero-order valence-electron chi connectivity index (χ0n) is 16.1. The standard InChI is InChI=1S/C20H24N6O2/c1-24(2)13-19(27)18-11-15-12-25(8-3-9-26(15)23-18)20(28)14-4-5-16-17(10-14)22-7-6-21-16/h4-7,10-11,19,27H,3,8-9,12-13H2,1-2H3. The number of aryl methyl sites for hydroxylation is 1. The van der Waals surface area contributed by atoms with Crippen molar-refractivity contribution in [1.82, 2.24) is 29.5 Å². The lowest BCUT2D eigenvalue weighted by Crippen LogP contribution is -2.30. The van der Waals surface area contributed by atoms with Crippen molar-refractivity contribution in [3.63, 3.8) is 0 Å². The Labute approximate surface area is 163 Å². The number of likely N-dealkylation sites (N-methyl/N-ethyl adjacent to an activating group) is 1. The van der Waals surface area contributed by atoms with Gasteiger partial charge in [-0.2, -0.15) is 5.10 Å². The van der Waals surface area contributed by atoms with Gasteiger partial charge in [0.2, 0.25) is 0 Å². The molecule has 1 amide bonds. The van der Waals surface area contributed by atoms with Gasteiger partial charge in [-0.1, -0.05) is 0 Å². The molecule has 0 aliphatic carbocycles. The first-order valence-electron chi connectivity index (χ1n) is 9.41. The molecular formula is C20H24N6O2. The highest BCUT2D eigenvalue weighted by molar-refractivity contribution is 5.97. The van der Waals surface area contributed by atoms with E-state index in [1.165, 1.54) is 0 Å². The third-order valence-electron chi connectivity index (χ3n) is 4.92. The number of hydrogen-bond acceptors (Lipinski definition) is 6. The van der Waals surface area contributed by atoms with Gasteiger partial charge in [-0.25, -0.2) is 0 Å². The van der Waals surface area contributed by atoms with E-state index in [1.54, 1.807) is 24.5 Å². The van der Waals surface area contributed by atoms with E-state index in [0.717, 1.165) is 24.2 Å². The first kappa shape index (κ1) is 18.5. The second kappa shape index (κ2) is 7.65. The second-order valence-corrected chi connectivity index (χ2v) is 7.40. The smallest absolute Gasteiger partial charge is 0.254 e. The second-order valence-electron chi connectivity index (χ2n) is 7.40. The summed E-state index contributed by atoms with van der Waals surface area (Å²) in [6.07, 6.45) is 3.44. The number of nitrogens with zero attached hydrogens (tertiary/aromatic N) is 6. The summed E-state index contributed by atoms with van der Waals surface area (Å²) in [5, 5.41) is 14.9. The zero-order valence-corrected chi connectivity index (χ0v) is 16.1. The average Bonchev–Trinajstić information content (AvgIpc) is 2.98. The Balaban J connectivity index is 1.56. The van der Waals surface area contributed by atoms with Crippen LogP contribution in [0.2, 0.25) is 0 Å². The van der Waals surface area contributed by atoms with Gasteiger partial charge in [0.25, 0.3) is 5.91 Å². The maximum absolute atomic E-state index is 13.1. The monoisotopic (exact) mass is 380 g/mol. The lowest BCUT2D eigenvalue weighted by molar-refractivity contribution is 0.0746. The first-order chi connectivity index (χ1) is 13.5. The summed E-state index contributed by atoms with van der Waals surface area (Å²) in [6, 6.07) is 7.33. The highest BCUT2D eigenvalue weighted by atomic mass is 16.3. The van der Waals surface area contributed by atoms with E-state index in [4.69, 9.17) is 0 Å². The number of amides is 1. The summed E-state index contributed by atoms with van der Waals surface area (Å²) >= 11 is 0. The quantitative estimate of drug-likeness (QED) is 0.738. The number of aliphatic hydroxyl groups is 1. The molecule has 0 fully saturated rings. The van der Waals surface area contributed by atoms with Gasteiger partial charge in [0.1, 0.15) is 6.10 Å². The van der Waals surface area contributed by atoms with E-state index in [9.17, 15) is 9.90 Å². The minimum Gasteiger partial charge on any atom is -0.385 e. The predicted molar refractivity (Wildman–Crippen MR) is 105 cm³/mol. The summed E-state index contributed by atoms with van der Waals surface area (Å²) in [7, 11) is 3.83. The average molecular weight is 380 g/mol. The third kappa shape index (κ3) is 3.74. The zero-order chi connectivity index (χ0) is 19.7. The molecule has 0 spiro atoms. The van der Waals surface area contributed by atoms with Crippen molar-refractivity contribution in [2.75, 3.05) is 27.2 Å². The first-order valence-corrected chi connectivity index (χ1v) is 9.41. The lowest BCUT2D eigenvalue weighted by Gasteiger charge is -2.20. The van der Waals surface area contributed by atoms with Crippen LogP contribution in [0.1, 0.15) is 34.3 Å². The summed E-state index contributed by atoms with van der Waals surface area (Å²) in [6.45, 7) is 2.38. The fraction of sp³-hybridized carbons (Fsp3) is 0.400. The molecular weight excluding hydrogens is 356 g/mol. The van der Waals surface area contributed by atoms with Gasteiger partial charge in [-0.05, 0) is 44.8 Å². The molecule has 2 aromatic heterocycles. The molecule has 0 bridgehead atoms. The fourth-order valence-corrected chi connectivity index (χ4v) is 3.54. The van der Waals surface area contributed by atoms with E-state index < -0.39 is 6.10 Å². The van der Waals surface area contributed by atoms with Crippen molar-refractivity contribution < 1.29 is 9.90 Å². The van der Waals surface area contributed by atoms with Crippen LogP contribution in [0, 0.1) is 0 Å². The van der Waals surface area contributed by atoms with Crippen LogP contribution in [0.3, 0.4) is 0 Å². The van der Waals surface area contributed by atoms with Crippen molar-refractivity contribution in [3.05, 3.63) is 53.6 Å². The number of benzene rings is 1. The Morgan fingerprint density at radius 2 is 1.96 bits per heavy atom. The van der Waals surface area contributed by atoms with Crippen LogP contribution in [0.5, 0.6) is 0 Å². The molecule has 3 aromatic rings. The number of carbonyl (C=O) groups is 1. The molecule has 146 valence electrons. The lowest BCUT2D eigenvalue weighted by atomic mass is 10.1. The van der Waals surface area contributed by atoms with Gasteiger partial charge in [-0.15, -0.1) is 0 Å². The molecule has 0 saturated heterocycles. The topological polar surface area (TPSA) is 87.4 Å². The van der Waals surface area contributed by atoms with Crippen molar-refractivity contribution in [1.29, 1.82) is 0 Å². The Morgan fingerprint density at radius 3 is 2.75 bits per heavy atom. The summed E-state index contributed by atoms with van der Waals surface area (Å²) in [4.78, 5) is 25.4. The van der Waals surface area contributed by atoms with Gasteiger partial charge in [0.05, 0.1) is 29.0 Å². The molecule has 3 heterocycles. The van der Waals surface area contributed by atoms with Gasteiger partial charge in [0, 0.05) is 37.6 Å². The van der Waals surface area contributed by atoms with Gasteiger partial charge >= 0.3 is 0 Å². The highest BCUT2D eigenvalue weighted by Crippen LogP contribution is 2.21. The van der Waals surface area contributed by atoms with Crippen molar-refractivity contribution in [2.24, 2.45) is 0 Å². The van der Waals surface area contributed by atoms with Gasteiger partial charge in [0.15, 0.2) is 0 Å². The van der Waals surface area contributed by atoms with E-state index in [1.807, 2.05) is 40.7 Å². The molecule has 0 radical (unpaired) electrons. The minimum atomic E-state index is -0.641. The normalized spacial score (nSPS) is 15.5. The number of carbonyl (C=O) groups excluding carboxylic acids is 1. The summed E-state index contributed by atoms with van der Waals surface area (Å²) < 4.78 is 1.91. The van der Waals surface area contributed by atoms with Crippen molar-refractivity contribution in [3.8, 4) is 0 Å². The minimum absolute atomic E-state index is 0.0300. The van der Waals surface area contributed by atoms with Crippen LogP contribution in [0.25, 0.3) is 11.0 Å².